The summed E-state index contributed by atoms with van der Waals surface area (Å²) in [6.07, 6.45) is 3.44. The molecule has 0 bridgehead atoms. The summed E-state index contributed by atoms with van der Waals surface area (Å²) in [5.41, 5.74) is 2.84. The molecular weight excluding hydrogens is 306 g/mol. The van der Waals surface area contributed by atoms with Crippen molar-refractivity contribution in [2.75, 3.05) is 5.32 Å². The summed E-state index contributed by atoms with van der Waals surface area (Å²) in [6.45, 7) is 1.94. The number of para-hydroxylation sites is 1. The van der Waals surface area contributed by atoms with Gasteiger partial charge in [0, 0.05) is 22.8 Å². The van der Waals surface area contributed by atoms with Crippen LogP contribution in [0.15, 0.2) is 66.3 Å². The Morgan fingerprint density at radius 2 is 1.87 bits per heavy atom. The first-order chi connectivity index (χ1) is 11.2. The molecule has 0 radical (unpaired) electrons. The molecule has 4 nitrogen and oxygen atoms in total. The first-order valence-corrected chi connectivity index (χ1v) is 8.22. The van der Waals surface area contributed by atoms with Crippen LogP contribution in [-0.4, -0.2) is 11.0 Å². The number of rotatable bonds is 4. The molecule has 116 valence electrons. The Balaban J connectivity index is 1.72. The van der Waals surface area contributed by atoms with Crippen molar-refractivity contribution in [1.82, 2.24) is 10.3 Å². The Labute approximate surface area is 139 Å². The zero-order chi connectivity index (χ0) is 16.1. The number of thiophene rings is 1. The van der Waals surface area contributed by atoms with Crippen LogP contribution in [0, 0.1) is 0 Å². The lowest BCUT2D eigenvalue weighted by molar-refractivity contribution is 0.249. The number of amides is 2. The van der Waals surface area contributed by atoms with Gasteiger partial charge in [0.05, 0.1) is 11.7 Å². The Morgan fingerprint density at radius 1 is 1.09 bits per heavy atom. The monoisotopic (exact) mass is 323 g/mol. The zero-order valence-corrected chi connectivity index (χ0v) is 13.5. The molecule has 0 aliphatic rings. The van der Waals surface area contributed by atoms with Crippen LogP contribution in [0.4, 0.5) is 10.5 Å². The number of carbonyl (C=O) groups excluding carboxylic acids is 1. The van der Waals surface area contributed by atoms with Crippen LogP contribution in [0.3, 0.4) is 0 Å². The van der Waals surface area contributed by atoms with E-state index < -0.39 is 0 Å². The van der Waals surface area contributed by atoms with E-state index in [1.54, 1.807) is 23.7 Å². The molecule has 2 amide bonds. The fraction of sp³-hybridized carbons (Fsp3) is 0.111. The van der Waals surface area contributed by atoms with Gasteiger partial charge in [0.1, 0.15) is 0 Å². The predicted octanol–water partition coefficient (Wildman–Crippen LogP) is 4.69. The summed E-state index contributed by atoms with van der Waals surface area (Å²) < 4.78 is 0. The maximum Gasteiger partial charge on any atom is 0.319 e. The molecular formula is C18H17N3OS. The summed E-state index contributed by atoms with van der Waals surface area (Å²) in [6, 6.07) is 15.3. The van der Waals surface area contributed by atoms with Crippen LogP contribution in [0.25, 0.3) is 10.4 Å². The van der Waals surface area contributed by atoms with Crippen molar-refractivity contribution in [3.63, 3.8) is 0 Å². The van der Waals surface area contributed by atoms with Crippen molar-refractivity contribution < 1.29 is 4.79 Å². The highest BCUT2D eigenvalue weighted by Gasteiger charge is 2.12. The molecule has 5 heteroatoms. The predicted molar refractivity (Wildman–Crippen MR) is 94.6 cm³/mol. The van der Waals surface area contributed by atoms with Crippen LogP contribution in [0.5, 0.6) is 0 Å². The molecule has 2 aromatic heterocycles. The van der Waals surface area contributed by atoms with Gasteiger partial charge in [-0.2, -0.15) is 0 Å². The smallest absolute Gasteiger partial charge is 0.319 e. The second-order valence-electron chi connectivity index (χ2n) is 5.12. The van der Waals surface area contributed by atoms with Gasteiger partial charge in [-0.3, -0.25) is 4.98 Å². The first kappa shape index (κ1) is 15.2. The third-order valence-corrected chi connectivity index (χ3v) is 4.42. The average Bonchev–Trinajstić information content (AvgIpc) is 3.10. The molecule has 0 aliphatic heterocycles. The molecule has 0 saturated carbocycles. The van der Waals surface area contributed by atoms with Gasteiger partial charge in [-0.05, 0) is 42.1 Å². The largest absolute Gasteiger partial charge is 0.331 e. The summed E-state index contributed by atoms with van der Waals surface area (Å²) in [5.74, 6) is 0. The van der Waals surface area contributed by atoms with E-state index in [-0.39, 0.29) is 12.1 Å². The molecule has 3 rings (SSSR count). The molecule has 2 heterocycles. The number of nitrogens with one attached hydrogen (secondary N) is 2. The summed E-state index contributed by atoms with van der Waals surface area (Å²) >= 11 is 1.65. The van der Waals surface area contributed by atoms with Gasteiger partial charge in [-0.25, -0.2) is 4.79 Å². The quantitative estimate of drug-likeness (QED) is 0.731. The Kier molecular flexibility index (Phi) is 4.68. The number of nitrogens with zero attached hydrogens (tertiary/aromatic N) is 1. The summed E-state index contributed by atoms with van der Waals surface area (Å²) in [5, 5.41) is 7.91. The van der Waals surface area contributed by atoms with Crippen molar-refractivity contribution in [3.8, 4) is 10.4 Å². The summed E-state index contributed by atoms with van der Waals surface area (Å²) in [4.78, 5) is 17.4. The van der Waals surface area contributed by atoms with Gasteiger partial charge in [0.15, 0.2) is 0 Å². The third-order valence-electron chi connectivity index (χ3n) is 3.52. The molecule has 1 unspecified atom stereocenters. The fourth-order valence-electron chi connectivity index (χ4n) is 2.33. The van der Waals surface area contributed by atoms with E-state index in [0.29, 0.717) is 0 Å². The highest BCUT2D eigenvalue weighted by Crippen LogP contribution is 2.31. The standard InChI is InChI=1S/C18H17N3OS/c1-13(14-8-10-19-11-9-14)20-18(22)21-16-6-3-2-5-15(16)17-7-4-12-23-17/h2-13H,1H3,(H2,20,21,22). The molecule has 23 heavy (non-hydrogen) atoms. The normalized spacial score (nSPS) is 11.7. The van der Waals surface area contributed by atoms with E-state index >= 15 is 0 Å². The molecule has 0 fully saturated rings. The van der Waals surface area contributed by atoms with Crippen molar-refractivity contribution in [2.24, 2.45) is 0 Å². The highest BCUT2D eigenvalue weighted by atomic mass is 32.1. The van der Waals surface area contributed by atoms with Crippen LogP contribution in [0.2, 0.25) is 0 Å². The van der Waals surface area contributed by atoms with E-state index in [4.69, 9.17) is 0 Å². The molecule has 0 saturated heterocycles. The molecule has 1 atom stereocenters. The number of anilines is 1. The van der Waals surface area contributed by atoms with Gasteiger partial charge in [0.25, 0.3) is 0 Å². The Morgan fingerprint density at radius 3 is 2.61 bits per heavy atom. The van der Waals surface area contributed by atoms with Crippen LogP contribution < -0.4 is 10.6 Å². The minimum atomic E-state index is -0.224. The number of aromatic nitrogens is 1. The molecule has 0 aliphatic carbocycles. The lowest BCUT2D eigenvalue weighted by atomic mass is 10.1. The van der Waals surface area contributed by atoms with Gasteiger partial charge in [-0.1, -0.05) is 24.3 Å². The van der Waals surface area contributed by atoms with Crippen molar-refractivity contribution >= 4 is 23.1 Å². The molecule has 1 aromatic carbocycles. The lowest BCUT2D eigenvalue weighted by Gasteiger charge is -2.16. The van der Waals surface area contributed by atoms with E-state index in [1.165, 1.54) is 0 Å². The second kappa shape index (κ2) is 7.07. The van der Waals surface area contributed by atoms with Crippen molar-refractivity contribution in [3.05, 3.63) is 71.9 Å². The van der Waals surface area contributed by atoms with Crippen LogP contribution in [0.1, 0.15) is 18.5 Å². The van der Waals surface area contributed by atoms with Gasteiger partial charge >= 0.3 is 6.03 Å². The van der Waals surface area contributed by atoms with E-state index in [1.807, 2.05) is 60.8 Å². The number of pyridine rings is 1. The Hall–Kier alpha value is -2.66. The van der Waals surface area contributed by atoms with E-state index in [2.05, 4.69) is 15.6 Å². The molecule has 3 aromatic rings. The van der Waals surface area contributed by atoms with Crippen LogP contribution >= 0.6 is 11.3 Å². The zero-order valence-electron chi connectivity index (χ0n) is 12.7. The number of hydrogen-bond acceptors (Lipinski definition) is 3. The average molecular weight is 323 g/mol. The molecule has 0 spiro atoms. The second-order valence-corrected chi connectivity index (χ2v) is 6.07. The number of benzene rings is 1. The SMILES string of the molecule is CC(NC(=O)Nc1ccccc1-c1cccs1)c1ccncc1. The van der Waals surface area contributed by atoms with Crippen molar-refractivity contribution in [2.45, 2.75) is 13.0 Å². The Bertz CT molecular complexity index is 772. The summed E-state index contributed by atoms with van der Waals surface area (Å²) in [7, 11) is 0. The number of hydrogen-bond donors (Lipinski definition) is 2. The maximum atomic E-state index is 12.3. The van der Waals surface area contributed by atoms with Crippen LogP contribution in [-0.2, 0) is 0 Å². The van der Waals surface area contributed by atoms with Crippen molar-refractivity contribution in [1.29, 1.82) is 0 Å². The maximum absolute atomic E-state index is 12.3. The van der Waals surface area contributed by atoms with Gasteiger partial charge < -0.3 is 10.6 Å². The topological polar surface area (TPSA) is 54.0 Å². The fourth-order valence-corrected chi connectivity index (χ4v) is 3.10. The molecule has 2 N–H and O–H groups in total. The number of carbonyl (C=O) groups is 1. The number of urea groups is 1. The lowest BCUT2D eigenvalue weighted by Crippen LogP contribution is -2.31. The van der Waals surface area contributed by atoms with Gasteiger partial charge in [-0.15, -0.1) is 11.3 Å². The minimum Gasteiger partial charge on any atom is -0.331 e. The minimum absolute atomic E-state index is 0.0908. The van der Waals surface area contributed by atoms with E-state index in [0.717, 1.165) is 21.7 Å². The third kappa shape index (κ3) is 3.76. The van der Waals surface area contributed by atoms with Gasteiger partial charge in [0.2, 0.25) is 0 Å². The first-order valence-electron chi connectivity index (χ1n) is 7.34. The highest BCUT2D eigenvalue weighted by molar-refractivity contribution is 7.13. The van der Waals surface area contributed by atoms with E-state index in [9.17, 15) is 4.79 Å².